The van der Waals surface area contributed by atoms with Gasteiger partial charge in [0, 0.05) is 23.5 Å². The topological polar surface area (TPSA) is 66.8 Å². The monoisotopic (exact) mass is 262 g/mol. The molecule has 0 aromatic carbocycles. The van der Waals surface area contributed by atoms with Crippen LogP contribution in [0.15, 0.2) is 23.3 Å². The average molecular weight is 262 g/mol. The summed E-state index contributed by atoms with van der Waals surface area (Å²) < 4.78 is 5.16. The Morgan fingerprint density at radius 3 is 2.84 bits per heavy atom. The van der Waals surface area contributed by atoms with E-state index in [9.17, 15) is 15.0 Å². The van der Waals surface area contributed by atoms with Crippen LogP contribution < -0.4 is 0 Å². The van der Waals surface area contributed by atoms with E-state index < -0.39 is 17.9 Å². The SMILES string of the molecule is C=C1[C@H]2C[C@H]2[C@]2(C)C[C@@]3(O)OC(=O)C(C)=C3[C@H](O)[C@H]12. The molecule has 0 bridgehead atoms. The highest BCUT2D eigenvalue weighted by molar-refractivity contribution is 5.92. The van der Waals surface area contributed by atoms with Gasteiger partial charge in [-0.15, -0.1) is 0 Å². The fourth-order valence-electron chi connectivity index (χ4n) is 4.98. The van der Waals surface area contributed by atoms with Crippen molar-refractivity contribution in [2.45, 2.75) is 38.6 Å². The minimum Gasteiger partial charge on any atom is -0.426 e. The molecule has 0 unspecified atom stereocenters. The van der Waals surface area contributed by atoms with Crippen LogP contribution in [0, 0.1) is 23.2 Å². The molecule has 6 atom stereocenters. The van der Waals surface area contributed by atoms with E-state index in [2.05, 4.69) is 13.5 Å². The summed E-state index contributed by atoms with van der Waals surface area (Å²) in [6.07, 6.45) is 0.608. The van der Waals surface area contributed by atoms with Crippen molar-refractivity contribution < 1.29 is 19.7 Å². The average Bonchev–Trinajstić information content (AvgIpc) is 2.98. The molecule has 19 heavy (non-hydrogen) atoms. The van der Waals surface area contributed by atoms with Crippen LogP contribution in [0.1, 0.15) is 26.7 Å². The maximum Gasteiger partial charge on any atom is 0.336 e. The summed E-state index contributed by atoms with van der Waals surface area (Å²) >= 11 is 0. The molecule has 3 aliphatic carbocycles. The highest BCUT2D eigenvalue weighted by atomic mass is 16.7. The Morgan fingerprint density at radius 1 is 1.47 bits per heavy atom. The summed E-state index contributed by atoms with van der Waals surface area (Å²) in [4.78, 5) is 11.7. The van der Waals surface area contributed by atoms with Crippen molar-refractivity contribution in [1.29, 1.82) is 0 Å². The first-order valence-corrected chi connectivity index (χ1v) is 6.83. The van der Waals surface area contributed by atoms with Crippen molar-refractivity contribution >= 4 is 5.97 Å². The molecule has 0 amide bonds. The van der Waals surface area contributed by atoms with Crippen LogP contribution in [-0.4, -0.2) is 28.1 Å². The van der Waals surface area contributed by atoms with Gasteiger partial charge in [0.15, 0.2) is 0 Å². The predicted molar refractivity (Wildman–Crippen MR) is 66.7 cm³/mol. The van der Waals surface area contributed by atoms with Gasteiger partial charge in [0.2, 0.25) is 5.79 Å². The van der Waals surface area contributed by atoms with Crippen LogP contribution in [-0.2, 0) is 9.53 Å². The number of aliphatic hydroxyl groups excluding tert-OH is 1. The Hall–Kier alpha value is -1.13. The molecule has 1 aliphatic heterocycles. The fourth-order valence-corrected chi connectivity index (χ4v) is 4.98. The molecule has 0 spiro atoms. The Kier molecular flexibility index (Phi) is 1.82. The minimum absolute atomic E-state index is 0.0593. The molecule has 1 heterocycles. The van der Waals surface area contributed by atoms with E-state index in [1.165, 1.54) is 0 Å². The lowest BCUT2D eigenvalue weighted by atomic mass is 9.60. The number of esters is 1. The lowest BCUT2D eigenvalue weighted by Crippen LogP contribution is -2.53. The number of carbonyl (C=O) groups is 1. The first-order chi connectivity index (χ1) is 8.79. The number of hydrogen-bond donors (Lipinski definition) is 2. The summed E-state index contributed by atoms with van der Waals surface area (Å²) in [6, 6.07) is 0. The molecule has 4 heteroatoms. The molecule has 2 N–H and O–H groups in total. The summed E-state index contributed by atoms with van der Waals surface area (Å²) in [5.74, 6) is -1.24. The molecule has 3 fully saturated rings. The third-order valence-corrected chi connectivity index (χ3v) is 5.85. The van der Waals surface area contributed by atoms with Gasteiger partial charge < -0.3 is 14.9 Å². The van der Waals surface area contributed by atoms with Gasteiger partial charge in [-0.05, 0) is 30.6 Å². The summed E-state index contributed by atoms with van der Waals surface area (Å²) in [5.41, 5.74) is 1.58. The standard InChI is InChI=1S/C15H18O4/c1-6-8-4-9(8)14(3)5-15(18)11(12(16)10(6)14)7(2)13(17)19-15/h8-10,12,16,18H,1,4-5H2,2-3H3/t8-,9-,10+,12-,14+,15-/m1/s1. The largest absolute Gasteiger partial charge is 0.426 e. The molecule has 102 valence electrons. The zero-order chi connectivity index (χ0) is 13.7. The second-order valence-corrected chi connectivity index (χ2v) is 6.84. The van der Waals surface area contributed by atoms with Gasteiger partial charge in [0.25, 0.3) is 0 Å². The molecular formula is C15H18O4. The first kappa shape index (κ1) is 11.7. The van der Waals surface area contributed by atoms with Crippen molar-refractivity contribution in [3.8, 4) is 0 Å². The van der Waals surface area contributed by atoms with E-state index >= 15 is 0 Å². The zero-order valence-corrected chi connectivity index (χ0v) is 11.1. The predicted octanol–water partition coefficient (Wildman–Crippen LogP) is 1.14. The van der Waals surface area contributed by atoms with E-state index in [4.69, 9.17) is 4.74 Å². The molecule has 3 saturated carbocycles. The molecule has 4 aliphatic rings. The molecule has 0 saturated heterocycles. The second-order valence-electron chi connectivity index (χ2n) is 6.84. The van der Waals surface area contributed by atoms with Crippen LogP contribution in [0.5, 0.6) is 0 Å². The molecule has 0 aromatic rings. The third kappa shape index (κ3) is 1.11. The van der Waals surface area contributed by atoms with Crippen LogP contribution in [0.2, 0.25) is 0 Å². The van der Waals surface area contributed by atoms with E-state index in [1.807, 2.05) is 0 Å². The van der Waals surface area contributed by atoms with E-state index in [-0.39, 0.29) is 11.3 Å². The van der Waals surface area contributed by atoms with Gasteiger partial charge in [0.1, 0.15) is 0 Å². The van der Waals surface area contributed by atoms with Crippen LogP contribution in [0.3, 0.4) is 0 Å². The van der Waals surface area contributed by atoms with Gasteiger partial charge >= 0.3 is 5.97 Å². The van der Waals surface area contributed by atoms with Gasteiger partial charge in [-0.3, -0.25) is 0 Å². The lowest BCUT2D eigenvalue weighted by molar-refractivity contribution is -0.211. The fraction of sp³-hybridized carbons (Fsp3) is 0.667. The number of fused-ring (bicyclic) bond motifs is 4. The van der Waals surface area contributed by atoms with Crippen LogP contribution >= 0.6 is 0 Å². The van der Waals surface area contributed by atoms with E-state index in [1.54, 1.807) is 6.92 Å². The number of carbonyl (C=O) groups excluding carboxylic acids is 1. The Bertz CT molecular complexity index is 562. The Morgan fingerprint density at radius 2 is 2.16 bits per heavy atom. The first-order valence-electron chi connectivity index (χ1n) is 6.83. The van der Waals surface area contributed by atoms with Crippen molar-refractivity contribution in [3.63, 3.8) is 0 Å². The smallest absolute Gasteiger partial charge is 0.336 e. The Labute approximate surface area is 111 Å². The number of aliphatic hydroxyl groups is 2. The van der Waals surface area contributed by atoms with E-state index in [0.29, 0.717) is 29.4 Å². The van der Waals surface area contributed by atoms with Gasteiger partial charge in [-0.25, -0.2) is 4.79 Å². The van der Waals surface area contributed by atoms with Crippen LogP contribution in [0.25, 0.3) is 0 Å². The van der Waals surface area contributed by atoms with Gasteiger partial charge in [0.05, 0.1) is 6.10 Å². The minimum atomic E-state index is -1.61. The molecule has 0 radical (unpaired) electrons. The van der Waals surface area contributed by atoms with Crippen molar-refractivity contribution in [2.75, 3.05) is 0 Å². The molecular weight excluding hydrogens is 244 g/mol. The maximum absolute atomic E-state index is 11.7. The number of hydrogen-bond acceptors (Lipinski definition) is 4. The van der Waals surface area contributed by atoms with Crippen LogP contribution in [0.4, 0.5) is 0 Å². The molecule has 4 rings (SSSR count). The Balaban J connectivity index is 1.88. The third-order valence-electron chi connectivity index (χ3n) is 5.85. The van der Waals surface area contributed by atoms with Crippen molar-refractivity contribution in [3.05, 3.63) is 23.3 Å². The normalized spacial score (nSPS) is 54.7. The zero-order valence-electron chi connectivity index (χ0n) is 11.1. The van der Waals surface area contributed by atoms with Gasteiger partial charge in [-0.2, -0.15) is 0 Å². The summed E-state index contributed by atoms with van der Waals surface area (Å²) in [7, 11) is 0. The second kappa shape index (κ2) is 2.96. The van der Waals surface area contributed by atoms with E-state index in [0.717, 1.165) is 12.0 Å². The summed E-state index contributed by atoms with van der Waals surface area (Å²) in [5, 5.41) is 21.3. The molecule has 0 aromatic heterocycles. The van der Waals surface area contributed by atoms with Crippen molar-refractivity contribution in [1.82, 2.24) is 0 Å². The highest BCUT2D eigenvalue weighted by Crippen LogP contribution is 2.73. The highest BCUT2D eigenvalue weighted by Gasteiger charge is 2.71. The quantitative estimate of drug-likeness (QED) is 0.507. The number of ether oxygens (including phenoxy) is 1. The maximum atomic E-state index is 11.7. The lowest BCUT2D eigenvalue weighted by Gasteiger charge is -2.48. The number of rotatable bonds is 0. The van der Waals surface area contributed by atoms with Gasteiger partial charge in [-0.1, -0.05) is 19.1 Å². The molecule has 4 nitrogen and oxygen atoms in total. The van der Waals surface area contributed by atoms with Crippen molar-refractivity contribution in [2.24, 2.45) is 23.2 Å². The summed E-state index contributed by atoms with van der Waals surface area (Å²) in [6.45, 7) is 7.84.